The second-order valence-electron chi connectivity index (χ2n) is 7.74. The Bertz CT molecular complexity index is 1010. The lowest BCUT2D eigenvalue weighted by Gasteiger charge is -2.22. The Balaban J connectivity index is 1.57. The summed E-state index contributed by atoms with van der Waals surface area (Å²) in [5.74, 6) is -0.581. The molecular weight excluding hydrogens is 370 g/mol. The fourth-order valence-electron chi connectivity index (χ4n) is 4.57. The largest absolute Gasteiger partial charge is 0.383 e. The summed E-state index contributed by atoms with van der Waals surface area (Å²) in [6, 6.07) is 8.97. The zero-order valence-corrected chi connectivity index (χ0v) is 16.9. The van der Waals surface area contributed by atoms with Gasteiger partial charge in [0.2, 0.25) is 0 Å². The monoisotopic (exact) mass is 395 g/mol. The van der Waals surface area contributed by atoms with Gasteiger partial charge in [0.25, 0.3) is 5.91 Å². The summed E-state index contributed by atoms with van der Waals surface area (Å²) in [7, 11) is 1.63. The third-order valence-electron chi connectivity index (χ3n) is 6.12. The van der Waals surface area contributed by atoms with E-state index in [1.807, 2.05) is 48.7 Å². The van der Waals surface area contributed by atoms with Crippen molar-refractivity contribution in [2.45, 2.75) is 38.8 Å². The van der Waals surface area contributed by atoms with Crippen molar-refractivity contribution in [2.75, 3.05) is 20.3 Å². The van der Waals surface area contributed by atoms with Crippen LogP contribution in [0.15, 0.2) is 30.3 Å². The number of amides is 3. The maximum atomic E-state index is 13.2. The molecule has 2 heterocycles. The lowest BCUT2D eigenvalue weighted by atomic mass is 9.92. The summed E-state index contributed by atoms with van der Waals surface area (Å²) in [5.41, 5.74) is 3.16. The Kier molecular flexibility index (Phi) is 4.78. The molecule has 1 spiro atoms. The van der Waals surface area contributed by atoms with Crippen molar-refractivity contribution < 1.29 is 19.1 Å². The topological polar surface area (TPSA) is 80.6 Å². The fourth-order valence-corrected chi connectivity index (χ4v) is 4.57. The standard InChI is InChI=1S/C22H25N3O4/c1-14-12-17(15(2)24(14)10-11-29-3)19(26)13-25-20(27)22(23-21(25)28)9-8-16-6-4-5-7-18(16)22/h4-7,12H,8-11,13H2,1-3H3,(H,23,28). The van der Waals surface area contributed by atoms with Crippen LogP contribution in [0.5, 0.6) is 0 Å². The summed E-state index contributed by atoms with van der Waals surface area (Å²) in [5, 5.41) is 2.86. The number of fused-ring (bicyclic) bond motifs is 2. The molecule has 1 fully saturated rings. The molecule has 0 radical (unpaired) electrons. The van der Waals surface area contributed by atoms with E-state index >= 15 is 0 Å². The number of ether oxygens (including phenoxy) is 1. The van der Waals surface area contributed by atoms with Crippen LogP contribution >= 0.6 is 0 Å². The number of aromatic nitrogens is 1. The average molecular weight is 395 g/mol. The minimum atomic E-state index is -1.04. The Morgan fingerprint density at radius 1 is 1.24 bits per heavy atom. The number of Topliss-reactive ketones (excluding diaryl/α,β-unsaturated/α-hetero) is 1. The van der Waals surface area contributed by atoms with Crippen LogP contribution in [0.2, 0.25) is 0 Å². The van der Waals surface area contributed by atoms with E-state index in [4.69, 9.17) is 4.74 Å². The van der Waals surface area contributed by atoms with E-state index in [9.17, 15) is 14.4 Å². The van der Waals surface area contributed by atoms with E-state index in [-0.39, 0.29) is 18.2 Å². The molecule has 1 aromatic carbocycles. The van der Waals surface area contributed by atoms with Crippen LogP contribution in [0.1, 0.15) is 39.3 Å². The number of methoxy groups -OCH3 is 1. The number of ketones is 1. The van der Waals surface area contributed by atoms with Gasteiger partial charge in [-0.2, -0.15) is 0 Å². The molecule has 29 heavy (non-hydrogen) atoms. The predicted octanol–water partition coefficient (Wildman–Crippen LogP) is 2.33. The van der Waals surface area contributed by atoms with Crippen molar-refractivity contribution in [3.8, 4) is 0 Å². The van der Waals surface area contributed by atoms with Gasteiger partial charge < -0.3 is 14.6 Å². The second kappa shape index (κ2) is 7.15. The SMILES string of the molecule is COCCn1c(C)cc(C(=O)CN2C(=O)NC3(CCc4ccccc43)C2=O)c1C. The third kappa shape index (κ3) is 2.97. The highest BCUT2D eigenvalue weighted by molar-refractivity contribution is 6.12. The third-order valence-corrected chi connectivity index (χ3v) is 6.12. The molecule has 2 aliphatic rings. The van der Waals surface area contributed by atoms with Gasteiger partial charge in [-0.15, -0.1) is 0 Å². The van der Waals surface area contributed by atoms with Gasteiger partial charge in [-0.25, -0.2) is 4.79 Å². The lowest BCUT2D eigenvalue weighted by Crippen LogP contribution is -2.42. The molecule has 1 aromatic heterocycles. The summed E-state index contributed by atoms with van der Waals surface area (Å²) in [6.07, 6.45) is 1.25. The molecule has 3 amide bonds. The van der Waals surface area contributed by atoms with Gasteiger partial charge in [0.1, 0.15) is 5.54 Å². The first kappa shape index (κ1) is 19.4. The number of benzene rings is 1. The quantitative estimate of drug-likeness (QED) is 0.601. The van der Waals surface area contributed by atoms with Crippen molar-refractivity contribution in [2.24, 2.45) is 0 Å². The maximum Gasteiger partial charge on any atom is 0.325 e. The summed E-state index contributed by atoms with van der Waals surface area (Å²) in [4.78, 5) is 39.9. The van der Waals surface area contributed by atoms with E-state index in [1.165, 1.54) is 0 Å². The van der Waals surface area contributed by atoms with Gasteiger partial charge in [-0.05, 0) is 43.9 Å². The molecule has 7 heteroatoms. The summed E-state index contributed by atoms with van der Waals surface area (Å²) < 4.78 is 7.14. The highest BCUT2D eigenvalue weighted by Crippen LogP contribution is 2.41. The molecule has 1 saturated heterocycles. The number of urea groups is 1. The Morgan fingerprint density at radius 2 is 2.00 bits per heavy atom. The molecule has 7 nitrogen and oxygen atoms in total. The van der Waals surface area contributed by atoms with E-state index in [0.29, 0.717) is 25.1 Å². The maximum absolute atomic E-state index is 13.2. The van der Waals surface area contributed by atoms with Crippen LogP contribution in [-0.4, -0.2) is 47.4 Å². The first-order valence-corrected chi connectivity index (χ1v) is 9.80. The van der Waals surface area contributed by atoms with Gasteiger partial charge in [-0.1, -0.05) is 24.3 Å². The average Bonchev–Trinajstić information content (AvgIpc) is 3.29. The summed E-state index contributed by atoms with van der Waals surface area (Å²) >= 11 is 0. The molecule has 1 aliphatic heterocycles. The van der Waals surface area contributed by atoms with Crippen molar-refractivity contribution in [3.63, 3.8) is 0 Å². The normalized spacial score (nSPS) is 20.4. The molecular formula is C22H25N3O4. The number of hydrogen-bond donors (Lipinski definition) is 1. The van der Waals surface area contributed by atoms with Gasteiger partial charge in [0.05, 0.1) is 13.2 Å². The molecule has 0 bridgehead atoms. The van der Waals surface area contributed by atoms with Crippen molar-refractivity contribution in [1.29, 1.82) is 0 Å². The number of nitrogens with zero attached hydrogens (tertiary/aromatic N) is 2. The van der Waals surface area contributed by atoms with Gasteiger partial charge >= 0.3 is 6.03 Å². The lowest BCUT2D eigenvalue weighted by molar-refractivity contribution is -0.131. The van der Waals surface area contributed by atoms with Gasteiger partial charge in [-0.3, -0.25) is 14.5 Å². The molecule has 1 aliphatic carbocycles. The van der Waals surface area contributed by atoms with E-state index in [0.717, 1.165) is 33.8 Å². The number of imide groups is 1. The number of hydrogen-bond acceptors (Lipinski definition) is 4. The Hall–Kier alpha value is -2.93. The smallest absolute Gasteiger partial charge is 0.325 e. The zero-order chi connectivity index (χ0) is 20.8. The highest BCUT2D eigenvalue weighted by Gasteiger charge is 2.55. The molecule has 1 N–H and O–H groups in total. The Morgan fingerprint density at radius 3 is 2.76 bits per heavy atom. The van der Waals surface area contributed by atoms with E-state index < -0.39 is 11.6 Å². The number of rotatable bonds is 6. The van der Waals surface area contributed by atoms with Crippen LogP contribution in [-0.2, 0) is 28.0 Å². The number of carbonyl (C=O) groups is 3. The molecule has 152 valence electrons. The van der Waals surface area contributed by atoms with Crippen LogP contribution < -0.4 is 5.32 Å². The van der Waals surface area contributed by atoms with Crippen LogP contribution in [0.4, 0.5) is 4.79 Å². The van der Waals surface area contributed by atoms with Crippen molar-refractivity contribution in [3.05, 3.63) is 58.4 Å². The number of nitrogens with one attached hydrogen (secondary N) is 1. The van der Waals surface area contributed by atoms with Gasteiger partial charge in [0, 0.05) is 30.6 Å². The second-order valence-corrected chi connectivity index (χ2v) is 7.74. The Labute approximate surface area is 169 Å². The highest BCUT2D eigenvalue weighted by atomic mass is 16.5. The van der Waals surface area contributed by atoms with Gasteiger partial charge in [0.15, 0.2) is 5.78 Å². The predicted molar refractivity (Wildman–Crippen MR) is 107 cm³/mol. The molecule has 1 atom stereocenters. The summed E-state index contributed by atoms with van der Waals surface area (Å²) in [6.45, 7) is 4.72. The molecule has 1 unspecified atom stereocenters. The van der Waals surface area contributed by atoms with Crippen LogP contribution in [0.25, 0.3) is 0 Å². The molecule has 4 rings (SSSR count). The van der Waals surface area contributed by atoms with Crippen LogP contribution in [0, 0.1) is 13.8 Å². The first-order chi connectivity index (χ1) is 13.9. The zero-order valence-electron chi connectivity index (χ0n) is 16.9. The number of carbonyl (C=O) groups excluding carboxylic acids is 3. The van der Waals surface area contributed by atoms with E-state index in [2.05, 4.69) is 5.32 Å². The number of aryl methyl sites for hydroxylation is 2. The van der Waals surface area contributed by atoms with E-state index in [1.54, 1.807) is 7.11 Å². The minimum Gasteiger partial charge on any atom is -0.383 e. The fraction of sp³-hybridized carbons (Fsp3) is 0.409. The minimum absolute atomic E-state index is 0.242. The van der Waals surface area contributed by atoms with Crippen LogP contribution in [0.3, 0.4) is 0 Å². The first-order valence-electron chi connectivity index (χ1n) is 9.80. The molecule has 0 saturated carbocycles. The van der Waals surface area contributed by atoms with Crippen molar-refractivity contribution >= 4 is 17.7 Å². The molecule has 2 aromatic rings. The van der Waals surface area contributed by atoms with Crippen molar-refractivity contribution in [1.82, 2.24) is 14.8 Å².